The first-order chi connectivity index (χ1) is 16.7. The van der Waals surface area contributed by atoms with Crippen molar-refractivity contribution in [1.82, 2.24) is 0 Å². The van der Waals surface area contributed by atoms with Crippen LogP contribution in [0.1, 0.15) is 11.1 Å². The summed E-state index contributed by atoms with van der Waals surface area (Å²) < 4.78 is 6.36. The Labute approximate surface area is 203 Å². The molecule has 160 valence electrons. The lowest BCUT2D eigenvalue weighted by atomic mass is 9.81. The number of rotatable bonds is 1. The van der Waals surface area contributed by atoms with Gasteiger partial charge >= 0.3 is 0 Å². The molecule has 0 amide bonds. The number of benzene rings is 5. The van der Waals surface area contributed by atoms with Crippen molar-refractivity contribution in [2.24, 2.45) is 0 Å². The highest BCUT2D eigenvalue weighted by atomic mass is 32.2. The molecule has 0 fully saturated rings. The van der Waals surface area contributed by atoms with E-state index >= 15 is 0 Å². The predicted molar refractivity (Wildman–Crippen MR) is 145 cm³/mol. The molecule has 0 N–H and O–H groups in total. The van der Waals surface area contributed by atoms with Gasteiger partial charge in [0.25, 0.3) is 0 Å². The van der Waals surface area contributed by atoms with Crippen molar-refractivity contribution in [2.75, 3.05) is 0 Å². The van der Waals surface area contributed by atoms with Crippen molar-refractivity contribution in [2.45, 2.75) is 4.90 Å². The first-order valence-corrected chi connectivity index (χ1v) is 12.1. The Kier molecular flexibility index (Phi) is 4.15. The Hall–Kier alpha value is -4.01. The van der Waals surface area contributed by atoms with Gasteiger partial charge in [0, 0.05) is 32.1 Å². The van der Waals surface area contributed by atoms with E-state index in [-0.39, 0.29) is 0 Å². The van der Waals surface area contributed by atoms with Gasteiger partial charge in [-0.3, -0.25) is 0 Å². The average Bonchev–Trinajstić information content (AvgIpc) is 2.88. The molecule has 34 heavy (non-hydrogen) atoms. The SMILES string of the molecule is C=C1Oc2ccc(-c3ccccc3)cc2-c2c1c1c(c3ccccc23)-c2ccccc2SC1=C. The number of hydrogen-bond acceptors (Lipinski definition) is 2. The fraction of sp³-hybridized carbons (Fsp3) is 0. The topological polar surface area (TPSA) is 9.23 Å². The van der Waals surface area contributed by atoms with Crippen LogP contribution in [-0.2, 0) is 0 Å². The summed E-state index contributed by atoms with van der Waals surface area (Å²) >= 11 is 1.73. The third-order valence-corrected chi connectivity index (χ3v) is 7.78. The molecular formula is C32H20OS. The zero-order valence-electron chi connectivity index (χ0n) is 18.5. The molecule has 0 aliphatic carbocycles. The maximum atomic E-state index is 6.36. The summed E-state index contributed by atoms with van der Waals surface area (Å²) in [6, 6.07) is 34.2. The summed E-state index contributed by atoms with van der Waals surface area (Å²) in [4.78, 5) is 2.27. The Morgan fingerprint density at radius 2 is 1.24 bits per heavy atom. The first-order valence-electron chi connectivity index (χ1n) is 11.3. The highest BCUT2D eigenvalue weighted by Gasteiger charge is 2.33. The van der Waals surface area contributed by atoms with Crippen molar-refractivity contribution in [3.63, 3.8) is 0 Å². The number of hydrogen-bond donors (Lipinski definition) is 0. The number of fused-ring (bicyclic) bond motifs is 10. The van der Waals surface area contributed by atoms with Crippen molar-refractivity contribution in [3.8, 4) is 39.1 Å². The lowest BCUT2D eigenvalue weighted by molar-refractivity contribution is 0.514. The zero-order chi connectivity index (χ0) is 22.8. The predicted octanol–water partition coefficient (Wildman–Crippen LogP) is 9.28. The first kappa shape index (κ1) is 19.5. The summed E-state index contributed by atoms with van der Waals surface area (Å²) in [6.07, 6.45) is 0. The molecule has 2 aliphatic rings. The second-order valence-corrected chi connectivity index (χ2v) is 9.81. The summed E-state index contributed by atoms with van der Waals surface area (Å²) in [5.74, 6) is 1.52. The van der Waals surface area contributed by atoms with Gasteiger partial charge in [-0.15, -0.1) is 0 Å². The van der Waals surface area contributed by atoms with E-state index in [9.17, 15) is 0 Å². The molecule has 0 saturated heterocycles. The molecule has 0 saturated carbocycles. The number of ether oxygens (including phenoxy) is 1. The lowest BCUT2D eigenvalue weighted by Crippen LogP contribution is -2.10. The third-order valence-electron chi connectivity index (χ3n) is 6.75. The summed E-state index contributed by atoms with van der Waals surface area (Å²) in [5.41, 5.74) is 9.29. The van der Waals surface area contributed by atoms with E-state index in [0.717, 1.165) is 27.3 Å². The Morgan fingerprint density at radius 1 is 0.559 bits per heavy atom. The quantitative estimate of drug-likeness (QED) is 0.251. The van der Waals surface area contributed by atoms with Gasteiger partial charge in [-0.1, -0.05) is 104 Å². The maximum Gasteiger partial charge on any atom is 0.135 e. The monoisotopic (exact) mass is 452 g/mol. The minimum atomic E-state index is 0.679. The lowest BCUT2D eigenvalue weighted by Gasteiger charge is -2.32. The molecule has 0 bridgehead atoms. The Balaban J connectivity index is 1.62. The van der Waals surface area contributed by atoms with Gasteiger partial charge < -0.3 is 4.74 Å². The van der Waals surface area contributed by atoms with Crippen LogP contribution in [0.5, 0.6) is 5.75 Å². The summed E-state index contributed by atoms with van der Waals surface area (Å²) in [5, 5.41) is 2.44. The van der Waals surface area contributed by atoms with Crippen LogP contribution in [0.15, 0.2) is 115 Å². The average molecular weight is 453 g/mol. The third kappa shape index (κ3) is 2.69. The molecule has 0 radical (unpaired) electrons. The second kappa shape index (κ2) is 7.24. The van der Waals surface area contributed by atoms with Crippen LogP contribution in [0.4, 0.5) is 0 Å². The van der Waals surface area contributed by atoms with E-state index in [2.05, 4.69) is 104 Å². The highest BCUT2D eigenvalue weighted by Crippen LogP contribution is 2.57. The minimum Gasteiger partial charge on any atom is -0.457 e. The zero-order valence-corrected chi connectivity index (χ0v) is 19.3. The molecule has 2 aliphatic heterocycles. The van der Waals surface area contributed by atoms with Gasteiger partial charge in [0.05, 0.1) is 0 Å². The van der Waals surface area contributed by atoms with Gasteiger partial charge in [-0.05, 0) is 51.2 Å². The highest BCUT2D eigenvalue weighted by molar-refractivity contribution is 8.08. The normalized spacial score (nSPS) is 13.5. The second-order valence-electron chi connectivity index (χ2n) is 8.67. The maximum absolute atomic E-state index is 6.36. The molecule has 0 atom stereocenters. The Morgan fingerprint density at radius 3 is 2.03 bits per heavy atom. The minimum absolute atomic E-state index is 0.679. The van der Waals surface area contributed by atoms with E-state index < -0.39 is 0 Å². The van der Waals surface area contributed by atoms with Crippen LogP contribution < -0.4 is 4.74 Å². The van der Waals surface area contributed by atoms with Crippen LogP contribution >= 0.6 is 11.8 Å². The van der Waals surface area contributed by atoms with E-state index in [1.165, 1.54) is 43.5 Å². The molecule has 1 nitrogen and oxygen atoms in total. The molecule has 7 rings (SSSR count). The molecule has 2 heterocycles. The molecule has 5 aromatic rings. The van der Waals surface area contributed by atoms with Crippen molar-refractivity contribution < 1.29 is 4.74 Å². The van der Waals surface area contributed by atoms with Crippen LogP contribution in [0.25, 0.3) is 54.8 Å². The van der Waals surface area contributed by atoms with Gasteiger partial charge in [0.2, 0.25) is 0 Å². The molecule has 0 spiro atoms. The molecule has 0 unspecified atom stereocenters. The van der Waals surface area contributed by atoms with E-state index in [1.807, 2.05) is 6.07 Å². The molecule has 5 aromatic carbocycles. The fourth-order valence-electron chi connectivity index (χ4n) is 5.31. The van der Waals surface area contributed by atoms with Gasteiger partial charge in [0.15, 0.2) is 0 Å². The molecule has 2 heteroatoms. The number of thioether (sulfide) groups is 1. The van der Waals surface area contributed by atoms with Crippen LogP contribution in [0.3, 0.4) is 0 Å². The largest absolute Gasteiger partial charge is 0.457 e. The van der Waals surface area contributed by atoms with Gasteiger partial charge in [-0.2, -0.15) is 0 Å². The van der Waals surface area contributed by atoms with Gasteiger partial charge in [-0.25, -0.2) is 0 Å². The molecular weight excluding hydrogens is 432 g/mol. The molecule has 0 aromatic heterocycles. The Bertz CT molecular complexity index is 1680. The van der Waals surface area contributed by atoms with Crippen molar-refractivity contribution in [3.05, 3.63) is 121 Å². The van der Waals surface area contributed by atoms with Crippen LogP contribution in [-0.4, -0.2) is 0 Å². The van der Waals surface area contributed by atoms with Crippen molar-refractivity contribution >= 4 is 33.2 Å². The van der Waals surface area contributed by atoms with E-state index in [4.69, 9.17) is 4.74 Å². The van der Waals surface area contributed by atoms with Gasteiger partial charge in [0.1, 0.15) is 11.5 Å². The summed E-state index contributed by atoms with van der Waals surface area (Å²) in [7, 11) is 0. The van der Waals surface area contributed by atoms with Crippen molar-refractivity contribution in [1.29, 1.82) is 0 Å². The van der Waals surface area contributed by atoms with Crippen LogP contribution in [0, 0.1) is 0 Å². The van der Waals surface area contributed by atoms with Crippen LogP contribution in [0.2, 0.25) is 0 Å². The van der Waals surface area contributed by atoms with E-state index in [1.54, 1.807) is 11.8 Å². The standard InChI is InChI=1S/C32H20OS/c1-19-29-30-20(2)34-28-15-9-8-14-25(28)31(30)23-12-6-7-13-24(23)32(29)26-18-22(16-17-27(26)33-19)21-10-4-3-5-11-21/h3-18H,1-2H2. The smallest absolute Gasteiger partial charge is 0.135 e. The summed E-state index contributed by atoms with van der Waals surface area (Å²) in [6.45, 7) is 8.86. The van der Waals surface area contributed by atoms with E-state index in [0.29, 0.717) is 5.76 Å². The fourth-order valence-corrected chi connectivity index (χ4v) is 6.31.